The minimum atomic E-state index is -0.890. The number of aliphatic hydroxyl groups excluding tert-OH is 3. The highest BCUT2D eigenvalue weighted by Gasteiger charge is 2.39. The van der Waals surface area contributed by atoms with Crippen molar-refractivity contribution in [3.05, 3.63) is 42.1 Å². The standard InChI is InChI=1S/C15H18N2O3/c18-9-13-15(20)14(19)8-17(13)7-10-3-4-11-2-1-5-16-12(11)6-10/h1-6,13-15,18-20H,7-9H2/t13-,14+,15-/m1/s1. The SMILES string of the molecule is OC[C@@H]1[C@@H](O)[C@@H](O)CN1Cc1ccc2cccnc2c1. The van der Waals surface area contributed by atoms with E-state index in [2.05, 4.69) is 4.98 Å². The molecule has 0 bridgehead atoms. The molecule has 106 valence electrons. The van der Waals surface area contributed by atoms with Gasteiger partial charge in [-0.25, -0.2) is 0 Å². The number of hydrogen-bond donors (Lipinski definition) is 3. The van der Waals surface area contributed by atoms with Gasteiger partial charge in [0.1, 0.15) is 0 Å². The van der Waals surface area contributed by atoms with Crippen molar-refractivity contribution in [2.45, 2.75) is 24.8 Å². The normalized spacial score (nSPS) is 27.2. The molecule has 0 saturated carbocycles. The van der Waals surface area contributed by atoms with Crippen LogP contribution in [0.4, 0.5) is 0 Å². The number of aromatic nitrogens is 1. The summed E-state index contributed by atoms with van der Waals surface area (Å²) < 4.78 is 0. The van der Waals surface area contributed by atoms with E-state index in [4.69, 9.17) is 0 Å². The third kappa shape index (κ3) is 2.41. The molecule has 2 aromatic rings. The zero-order valence-electron chi connectivity index (χ0n) is 11.1. The van der Waals surface area contributed by atoms with Crippen LogP contribution in [0.2, 0.25) is 0 Å². The lowest BCUT2D eigenvalue weighted by Gasteiger charge is -2.23. The zero-order chi connectivity index (χ0) is 14.1. The highest BCUT2D eigenvalue weighted by Crippen LogP contribution is 2.22. The molecule has 1 aromatic carbocycles. The van der Waals surface area contributed by atoms with E-state index < -0.39 is 18.2 Å². The van der Waals surface area contributed by atoms with E-state index in [9.17, 15) is 15.3 Å². The lowest BCUT2D eigenvalue weighted by atomic mass is 10.1. The molecule has 0 aliphatic carbocycles. The van der Waals surface area contributed by atoms with Crippen LogP contribution in [0, 0.1) is 0 Å². The van der Waals surface area contributed by atoms with Crippen molar-refractivity contribution >= 4 is 10.9 Å². The Kier molecular flexibility index (Phi) is 3.67. The number of hydrogen-bond acceptors (Lipinski definition) is 5. The molecular weight excluding hydrogens is 256 g/mol. The largest absolute Gasteiger partial charge is 0.395 e. The molecule has 1 aliphatic rings. The fraction of sp³-hybridized carbons (Fsp3) is 0.400. The number of benzene rings is 1. The van der Waals surface area contributed by atoms with E-state index in [1.54, 1.807) is 6.20 Å². The molecule has 5 heteroatoms. The second-order valence-electron chi connectivity index (χ2n) is 5.27. The number of aliphatic hydroxyl groups is 3. The lowest BCUT2D eigenvalue weighted by molar-refractivity contribution is 0.0210. The second-order valence-corrected chi connectivity index (χ2v) is 5.27. The van der Waals surface area contributed by atoms with Crippen molar-refractivity contribution < 1.29 is 15.3 Å². The van der Waals surface area contributed by atoms with Gasteiger partial charge in [0.2, 0.25) is 0 Å². The summed E-state index contributed by atoms with van der Waals surface area (Å²) in [6.07, 6.45) is 0.0655. The summed E-state index contributed by atoms with van der Waals surface area (Å²) in [4.78, 5) is 6.22. The van der Waals surface area contributed by atoms with Crippen molar-refractivity contribution in [1.29, 1.82) is 0 Å². The quantitative estimate of drug-likeness (QED) is 0.742. The number of likely N-dealkylation sites (tertiary alicyclic amines) is 1. The molecule has 3 rings (SSSR count). The third-order valence-corrected chi connectivity index (χ3v) is 3.92. The average Bonchev–Trinajstić information content (AvgIpc) is 2.73. The first-order valence-electron chi connectivity index (χ1n) is 6.74. The van der Waals surface area contributed by atoms with Gasteiger partial charge in [0.25, 0.3) is 0 Å². The first-order valence-corrected chi connectivity index (χ1v) is 6.74. The molecule has 3 atom stereocenters. The fourth-order valence-electron chi connectivity index (χ4n) is 2.81. The van der Waals surface area contributed by atoms with Gasteiger partial charge in [0, 0.05) is 24.7 Å². The summed E-state index contributed by atoms with van der Waals surface area (Å²) in [6, 6.07) is 9.51. The van der Waals surface area contributed by atoms with E-state index >= 15 is 0 Å². The molecule has 1 aliphatic heterocycles. The summed E-state index contributed by atoms with van der Waals surface area (Å²) in [7, 11) is 0. The van der Waals surface area contributed by atoms with Crippen molar-refractivity contribution in [1.82, 2.24) is 9.88 Å². The Morgan fingerprint density at radius 1 is 1.25 bits per heavy atom. The van der Waals surface area contributed by atoms with E-state index in [0.717, 1.165) is 16.5 Å². The van der Waals surface area contributed by atoms with Crippen LogP contribution in [0.3, 0.4) is 0 Å². The molecule has 0 amide bonds. The van der Waals surface area contributed by atoms with Gasteiger partial charge in [0.15, 0.2) is 0 Å². The highest BCUT2D eigenvalue weighted by atomic mass is 16.3. The van der Waals surface area contributed by atoms with E-state index in [1.165, 1.54) is 0 Å². The monoisotopic (exact) mass is 274 g/mol. The third-order valence-electron chi connectivity index (χ3n) is 3.92. The minimum absolute atomic E-state index is 0.163. The van der Waals surface area contributed by atoms with Gasteiger partial charge >= 0.3 is 0 Å². The molecular formula is C15H18N2O3. The van der Waals surface area contributed by atoms with Crippen LogP contribution >= 0.6 is 0 Å². The van der Waals surface area contributed by atoms with Crippen molar-refractivity contribution in [3.63, 3.8) is 0 Å². The second kappa shape index (κ2) is 5.46. The Balaban J connectivity index is 1.82. The Hall–Kier alpha value is -1.53. The van der Waals surface area contributed by atoms with Gasteiger partial charge in [-0.15, -0.1) is 0 Å². The predicted molar refractivity (Wildman–Crippen MR) is 75.0 cm³/mol. The van der Waals surface area contributed by atoms with Gasteiger partial charge in [0.05, 0.1) is 30.4 Å². The van der Waals surface area contributed by atoms with Crippen LogP contribution in [-0.2, 0) is 6.54 Å². The van der Waals surface area contributed by atoms with Crippen molar-refractivity contribution in [2.75, 3.05) is 13.2 Å². The van der Waals surface area contributed by atoms with Gasteiger partial charge in [-0.05, 0) is 17.7 Å². The van der Waals surface area contributed by atoms with E-state index in [0.29, 0.717) is 13.1 Å². The maximum absolute atomic E-state index is 9.81. The topological polar surface area (TPSA) is 76.8 Å². The van der Waals surface area contributed by atoms with E-state index in [-0.39, 0.29) is 6.61 Å². The summed E-state index contributed by atoms with van der Waals surface area (Å²) in [5.41, 5.74) is 1.97. The molecule has 5 nitrogen and oxygen atoms in total. The summed E-state index contributed by atoms with van der Waals surface area (Å²) in [6.45, 7) is 0.780. The van der Waals surface area contributed by atoms with Crippen LogP contribution in [0.1, 0.15) is 5.56 Å². The van der Waals surface area contributed by atoms with Crippen molar-refractivity contribution in [3.8, 4) is 0 Å². The van der Waals surface area contributed by atoms with Crippen LogP contribution < -0.4 is 0 Å². The fourth-order valence-corrected chi connectivity index (χ4v) is 2.81. The molecule has 1 fully saturated rings. The Bertz CT molecular complexity index is 604. The van der Waals surface area contributed by atoms with Crippen LogP contribution in [0.5, 0.6) is 0 Å². The minimum Gasteiger partial charge on any atom is -0.395 e. The lowest BCUT2D eigenvalue weighted by Crippen LogP contribution is -2.38. The number of pyridine rings is 1. The van der Waals surface area contributed by atoms with Gasteiger partial charge in [-0.2, -0.15) is 0 Å². The summed E-state index contributed by atoms with van der Waals surface area (Å²) >= 11 is 0. The zero-order valence-corrected chi connectivity index (χ0v) is 11.1. The number of rotatable bonds is 3. The smallest absolute Gasteiger partial charge is 0.0988 e. The molecule has 1 saturated heterocycles. The van der Waals surface area contributed by atoms with Crippen molar-refractivity contribution in [2.24, 2.45) is 0 Å². The number of fused-ring (bicyclic) bond motifs is 1. The average molecular weight is 274 g/mol. The molecule has 0 radical (unpaired) electrons. The molecule has 20 heavy (non-hydrogen) atoms. The number of β-amino-alcohol motifs (C(OH)–C–C–N with tert-alkyl or cyclic N) is 1. The molecule has 3 N–H and O–H groups in total. The van der Waals surface area contributed by atoms with Gasteiger partial charge in [-0.3, -0.25) is 9.88 Å². The van der Waals surface area contributed by atoms with Gasteiger partial charge in [-0.1, -0.05) is 18.2 Å². The maximum atomic E-state index is 9.81. The number of nitrogens with zero attached hydrogens (tertiary/aromatic N) is 2. The summed E-state index contributed by atoms with van der Waals surface area (Å²) in [5.74, 6) is 0. The van der Waals surface area contributed by atoms with E-state index in [1.807, 2.05) is 35.2 Å². The Morgan fingerprint density at radius 2 is 2.10 bits per heavy atom. The Morgan fingerprint density at radius 3 is 2.90 bits per heavy atom. The first-order chi connectivity index (χ1) is 9.69. The molecule has 1 aromatic heterocycles. The van der Waals surface area contributed by atoms with Crippen LogP contribution in [0.25, 0.3) is 10.9 Å². The highest BCUT2D eigenvalue weighted by molar-refractivity contribution is 5.78. The van der Waals surface area contributed by atoms with Gasteiger partial charge < -0.3 is 15.3 Å². The maximum Gasteiger partial charge on any atom is 0.0988 e. The molecule has 0 spiro atoms. The first kappa shape index (κ1) is 13.5. The Labute approximate surface area is 117 Å². The van der Waals surface area contributed by atoms with Crippen LogP contribution in [0.15, 0.2) is 36.5 Å². The summed E-state index contributed by atoms with van der Waals surface area (Å²) in [5, 5.41) is 29.9. The van der Waals surface area contributed by atoms with Crippen LogP contribution in [-0.4, -0.2) is 56.6 Å². The predicted octanol–water partition coefficient (Wildman–Crippen LogP) is 0.133. The molecule has 2 heterocycles. The molecule has 0 unspecified atom stereocenters.